The van der Waals surface area contributed by atoms with Crippen molar-refractivity contribution in [3.63, 3.8) is 0 Å². The molecule has 3 aromatic carbocycles. The van der Waals surface area contributed by atoms with E-state index in [2.05, 4.69) is 5.32 Å². The van der Waals surface area contributed by atoms with Crippen LogP contribution in [0.3, 0.4) is 0 Å². The van der Waals surface area contributed by atoms with Gasteiger partial charge in [-0.15, -0.1) is 0 Å². The van der Waals surface area contributed by atoms with Crippen molar-refractivity contribution in [1.82, 2.24) is 9.88 Å². The van der Waals surface area contributed by atoms with Crippen molar-refractivity contribution in [2.45, 2.75) is 58.5 Å². The van der Waals surface area contributed by atoms with E-state index in [0.29, 0.717) is 33.1 Å². The molecule has 0 saturated carbocycles. The lowest BCUT2D eigenvalue weighted by atomic mass is 9.91. The minimum Gasteiger partial charge on any atom is -0.488 e. The van der Waals surface area contributed by atoms with Crippen molar-refractivity contribution in [3.8, 4) is 16.9 Å². The van der Waals surface area contributed by atoms with Gasteiger partial charge in [0, 0.05) is 28.5 Å². The number of fused-ring (bicyclic) bond motifs is 6. The fourth-order valence-corrected chi connectivity index (χ4v) is 5.87. The van der Waals surface area contributed by atoms with Crippen LogP contribution >= 0.6 is 0 Å². The maximum Gasteiger partial charge on any atom is 0.416 e. The van der Waals surface area contributed by atoms with Gasteiger partial charge in [0.15, 0.2) is 0 Å². The van der Waals surface area contributed by atoms with Gasteiger partial charge >= 0.3 is 12.1 Å². The number of rotatable bonds is 4. The lowest BCUT2D eigenvalue weighted by Crippen LogP contribution is -2.41. The molecule has 1 aliphatic heterocycles. The average Bonchev–Trinajstić information content (AvgIpc) is 2.98. The first-order chi connectivity index (χ1) is 21.7. The van der Waals surface area contributed by atoms with Gasteiger partial charge in [-0.1, -0.05) is 25.1 Å². The van der Waals surface area contributed by atoms with E-state index >= 15 is 8.78 Å². The third kappa shape index (κ3) is 6.11. The molecule has 4 aromatic rings. The monoisotopic (exact) mass is 640 g/mol. The fraction of sp³-hybridized carbons (Fsp3) is 0.265. The predicted octanol–water partition coefficient (Wildman–Crippen LogP) is 6.81. The number of hydrogen-bond donors (Lipinski definition) is 2. The number of nitrogens with zero attached hydrogens (tertiary/aromatic N) is 1. The standard InChI is InChI=1S/C34H29F5N2O5/c1-4-21-24(34(37,38)39)10-11-41(33(21)45)31-22-13-19(8-9-25(22)35)16-46-27-7-5-6-17(2)29(27)20-12-18(3)30(36)23(14-20)26(15-28(42)43)40-32(31)44/h5-14,26,31H,4,15-16H2,1-3H3,(H,40,44)(H,42,43)/t26-,31-/m0/s1. The minimum atomic E-state index is -4.88. The van der Waals surface area contributed by atoms with Gasteiger partial charge in [0.1, 0.15) is 30.0 Å². The third-order valence-corrected chi connectivity index (χ3v) is 8.03. The Morgan fingerprint density at radius 2 is 1.76 bits per heavy atom. The Morgan fingerprint density at radius 1 is 1.02 bits per heavy atom. The number of aryl methyl sites for hydroxylation is 2. The number of hydrogen-bond acceptors (Lipinski definition) is 4. The molecule has 4 bridgehead atoms. The van der Waals surface area contributed by atoms with Gasteiger partial charge in [0.05, 0.1) is 18.0 Å². The van der Waals surface area contributed by atoms with Gasteiger partial charge in [0.2, 0.25) is 5.91 Å². The van der Waals surface area contributed by atoms with Crippen LogP contribution in [0.25, 0.3) is 11.1 Å². The van der Waals surface area contributed by atoms with Crippen molar-refractivity contribution < 1.29 is 41.4 Å². The summed E-state index contributed by atoms with van der Waals surface area (Å²) in [6.07, 6.45) is -5.28. The molecule has 1 aliphatic rings. The van der Waals surface area contributed by atoms with Crippen LogP contribution in [-0.2, 0) is 28.8 Å². The number of amides is 1. The molecule has 2 N–H and O–H groups in total. The summed E-state index contributed by atoms with van der Waals surface area (Å²) in [6.45, 7) is 4.49. The topological polar surface area (TPSA) is 97.6 Å². The summed E-state index contributed by atoms with van der Waals surface area (Å²) >= 11 is 0. The second-order valence-electron chi connectivity index (χ2n) is 11.1. The smallest absolute Gasteiger partial charge is 0.416 e. The molecule has 0 unspecified atom stereocenters. The molecule has 0 spiro atoms. The van der Waals surface area contributed by atoms with Gasteiger partial charge < -0.3 is 15.2 Å². The average molecular weight is 641 g/mol. The van der Waals surface area contributed by atoms with E-state index in [-0.39, 0.29) is 29.7 Å². The molecular formula is C34H29F5N2O5. The largest absolute Gasteiger partial charge is 0.488 e. The highest BCUT2D eigenvalue weighted by Gasteiger charge is 2.37. The highest BCUT2D eigenvalue weighted by atomic mass is 19.4. The van der Waals surface area contributed by atoms with Crippen LogP contribution in [0.15, 0.2) is 65.6 Å². The van der Waals surface area contributed by atoms with Gasteiger partial charge in [-0.2, -0.15) is 13.2 Å². The van der Waals surface area contributed by atoms with E-state index in [9.17, 15) is 32.7 Å². The molecule has 46 heavy (non-hydrogen) atoms. The van der Waals surface area contributed by atoms with E-state index in [1.54, 1.807) is 18.2 Å². The van der Waals surface area contributed by atoms with Crippen LogP contribution in [0.2, 0.25) is 0 Å². The van der Waals surface area contributed by atoms with Crippen LogP contribution in [0.5, 0.6) is 5.75 Å². The Hall–Kier alpha value is -5.00. The van der Waals surface area contributed by atoms with Crippen molar-refractivity contribution >= 4 is 11.9 Å². The Balaban J connectivity index is 1.80. The van der Waals surface area contributed by atoms with Crippen molar-refractivity contribution in [1.29, 1.82) is 0 Å². The fourth-order valence-electron chi connectivity index (χ4n) is 5.87. The second kappa shape index (κ2) is 12.4. The van der Waals surface area contributed by atoms with Crippen LogP contribution < -0.4 is 15.6 Å². The van der Waals surface area contributed by atoms with Crippen LogP contribution in [0.1, 0.15) is 64.4 Å². The van der Waals surface area contributed by atoms with E-state index in [1.807, 2.05) is 13.0 Å². The van der Waals surface area contributed by atoms with Gasteiger partial charge in [-0.25, -0.2) is 8.78 Å². The highest BCUT2D eigenvalue weighted by Crippen LogP contribution is 2.38. The summed E-state index contributed by atoms with van der Waals surface area (Å²) in [5.74, 6) is -3.91. The van der Waals surface area contributed by atoms with E-state index < -0.39 is 64.9 Å². The van der Waals surface area contributed by atoms with Crippen molar-refractivity contribution in [2.75, 3.05) is 0 Å². The number of nitrogens with one attached hydrogen (secondary N) is 1. The van der Waals surface area contributed by atoms with Crippen molar-refractivity contribution in [2.24, 2.45) is 0 Å². The zero-order valence-electron chi connectivity index (χ0n) is 25.0. The number of benzene rings is 3. The number of carbonyl (C=O) groups is 2. The van der Waals surface area contributed by atoms with Gasteiger partial charge in [0.25, 0.3) is 5.56 Å². The van der Waals surface area contributed by atoms with Crippen LogP contribution in [0.4, 0.5) is 22.0 Å². The first kappa shape index (κ1) is 32.4. The number of aliphatic carboxylic acids is 1. The number of alkyl halides is 3. The summed E-state index contributed by atoms with van der Waals surface area (Å²) in [5.41, 5.74) is -1.29. The van der Waals surface area contributed by atoms with E-state index in [4.69, 9.17) is 4.74 Å². The Labute approximate surface area is 260 Å². The number of carboxylic acid groups (broad SMARTS) is 1. The quantitative estimate of drug-likeness (QED) is 0.239. The first-order valence-electron chi connectivity index (χ1n) is 14.4. The number of ether oxygens (including phenoxy) is 1. The molecule has 1 amide bonds. The number of aromatic nitrogens is 1. The third-order valence-electron chi connectivity index (χ3n) is 8.03. The summed E-state index contributed by atoms with van der Waals surface area (Å²) in [6, 6.07) is 9.09. The summed E-state index contributed by atoms with van der Waals surface area (Å²) in [7, 11) is 0. The molecule has 0 radical (unpaired) electrons. The predicted molar refractivity (Wildman–Crippen MR) is 158 cm³/mol. The van der Waals surface area contributed by atoms with E-state index in [1.165, 1.54) is 32.0 Å². The molecule has 5 rings (SSSR count). The Morgan fingerprint density at radius 3 is 2.43 bits per heavy atom. The first-order valence-corrected chi connectivity index (χ1v) is 14.4. The summed E-state index contributed by atoms with van der Waals surface area (Å²) < 4.78 is 79.4. The second-order valence-corrected chi connectivity index (χ2v) is 11.1. The molecule has 0 fully saturated rings. The molecule has 0 saturated heterocycles. The molecule has 2 atom stereocenters. The summed E-state index contributed by atoms with van der Waals surface area (Å²) in [4.78, 5) is 39.6. The van der Waals surface area contributed by atoms with Crippen molar-refractivity contribution in [3.05, 3.63) is 122 Å². The minimum absolute atomic E-state index is 0.130. The number of carboxylic acids is 1. The molecule has 2 heterocycles. The van der Waals surface area contributed by atoms with E-state index in [0.717, 1.165) is 17.8 Å². The SMILES string of the molecule is CCc1c(C(F)(F)F)ccn([C@@H]2C(=O)N[C@@H](CC(=O)O)c3cc(cc(C)c3F)-c3c(C)cccc3OCc3ccc(F)c2c3)c1=O. The lowest BCUT2D eigenvalue weighted by Gasteiger charge is -2.27. The summed E-state index contributed by atoms with van der Waals surface area (Å²) in [5, 5.41) is 12.2. The van der Waals surface area contributed by atoms with Gasteiger partial charge in [-0.3, -0.25) is 19.0 Å². The molecule has 12 heteroatoms. The van der Waals surface area contributed by atoms with Gasteiger partial charge in [-0.05, 0) is 78.9 Å². The Kier molecular flexibility index (Phi) is 8.74. The number of carbonyl (C=O) groups excluding carboxylic acids is 1. The Bertz CT molecular complexity index is 1920. The molecular weight excluding hydrogens is 611 g/mol. The zero-order chi connectivity index (χ0) is 33.5. The highest BCUT2D eigenvalue weighted by molar-refractivity contribution is 5.85. The van der Waals surface area contributed by atoms with Crippen LogP contribution in [-0.4, -0.2) is 21.6 Å². The lowest BCUT2D eigenvalue weighted by molar-refractivity contribution is -0.139. The normalized spacial score (nSPS) is 16.6. The zero-order valence-corrected chi connectivity index (χ0v) is 25.0. The molecule has 0 aliphatic carbocycles. The number of pyridine rings is 1. The number of halogens is 5. The maximum atomic E-state index is 15.8. The molecule has 1 aromatic heterocycles. The molecule has 240 valence electrons. The van der Waals surface area contributed by atoms with Crippen LogP contribution in [0, 0.1) is 25.5 Å². The maximum absolute atomic E-state index is 15.8. The molecule has 7 nitrogen and oxygen atoms in total.